The van der Waals surface area contributed by atoms with Crippen LogP contribution in [-0.4, -0.2) is 15.1 Å². The second-order valence-corrected chi connectivity index (χ2v) is 6.73. The lowest BCUT2D eigenvalue weighted by atomic mass is 10.2. The zero-order valence-electron chi connectivity index (χ0n) is 12.0. The molecule has 0 radical (unpaired) electrons. The van der Waals surface area contributed by atoms with E-state index in [1.165, 1.54) is 12.1 Å². The standard InChI is InChI=1S/C15H14FN3OS2/c1-2-3-13-18-14(20-19-13)9-22-15-17-12(8-21-15)10-4-6-11(16)7-5-10/h4-8H,2-3,9H2,1H3. The number of benzene rings is 1. The van der Waals surface area contributed by atoms with E-state index in [1.807, 2.05) is 5.38 Å². The quantitative estimate of drug-likeness (QED) is 0.617. The van der Waals surface area contributed by atoms with Gasteiger partial charge in [0, 0.05) is 17.4 Å². The fourth-order valence-corrected chi connectivity index (χ4v) is 3.55. The van der Waals surface area contributed by atoms with Crippen LogP contribution in [0, 0.1) is 5.82 Å². The first-order chi connectivity index (χ1) is 10.7. The van der Waals surface area contributed by atoms with Crippen molar-refractivity contribution in [3.8, 4) is 11.3 Å². The molecule has 3 aromatic rings. The van der Waals surface area contributed by atoms with Gasteiger partial charge >= 0.3 is 0 Å². The zero-order valence-corrected chi connectivity index (χ0v) is 13.6. The van der Waals surface area contributed by atoms with Gasteiger partial charge in [-0.25, -0.2) is 9.37 Å². The van der Waals surface area contributed by atoms with E-state index in [4.69, 9.17) is 4.52 Å². The van der Waals surface area contributed by atoms with Crippen molar-refractivity contribution in [3.05, 3.63) is 47.2 Å². The molecule has 0 saturated carbocycles. The summed E-state index contributed by atoms with van der Waals surface area (Å²) in [5.41, 5.74) is 1.76. The molecule has 7 heteroatoms. The third-order valence-electron chi connectivity index (χ3n) is 2.93. The highest BCUT2D eigenvalue weighted by Gasteiger charge is 2.09. The Bertz CT molecular complexity index is 739. The van der Waals surface area contributed by atoms with E-state index in [2.05, 4.69) is 22.0 Å². The summed E-state index contributed by atoms with van der Waals surface area (Å²) < 4.78 is 19.1. The van der Waals surface area contributed by atoms with E-state index in [0.29, 0.717) is 11.6 Å². The predicted molar refractivity (Wildman–Crippen MR) is 85.4 cm³/mol. The van der Waals surface area contributed by atoms with E-state index >= 15 is 0 Å². The Morgan fingerprint density at radius 1 is 1.23 bits per heavy atom. The molecule has 1 aromatic carbocycles. The van der Waals surface area contributed by atoms with Gasteiger partial charge in [-0.2, -0.15) is 4.98 Å². The average Bonchev–Trinajstić information content (AvgIpc) is 3.16. The summed E-state index contributed by atoms with van der Waals surface area (Å²) in [6, 6.07) is 6.34. The monoisotopic (exact) mass is 335 g/mol. The van der Waals surface area contributed by atoms with Crippen LogP contribution in [0.25, 0.3) is 11.3 Å². The number of aryl methyl sites for hydroxylation is 1. The van der Waals surface area contributed by atoms with Crippen molar-refractivity contribution < 1.29 is 8.91 Å². The summed E-state index contributed by atoms with van der Waals surface area (Å²) in [4.78, 5) is 8.86. The summed E-state index contributed by atoms with van der Waals surface area (Å²) in [7, 11) is 0. The Kier molecular flexibility index (Phi) is 4.84. The first kappa shape index (κ1) is 15.2. The Morgan fingerprint density at radius 2 is 2.05 bits per heavy atom. The molecule has 0 aliphatic rings. The molecule has 0 atom stereocenters. The summed E-state index contributed by atoms with van der Waals surface area (Å²) in [5.74, 6) is 1.73. The van der Waals surface area contributed by atoms with Crippen molar-refractivity contribution in [2.24, 2.45) is 0 Å². The van der Waals surface area contributed by atoms with Gasteiger partial charge in [0.1, 0.15) is 5.82 Å². The predicted octanol–water partition coefficient (Wildman–Crippen LogP) is 4.58. The molecule has 3 rings (SSSR count). The van der Waals surface area contributed by atoms with Crippen molar-refractivity contribution in [3.63, 3.8) is 0 Å². The second-order valence-electron chi connectivity index (χ2n) is 4.65. The van der Waals surface area contributed by atoms with Gasteiger partial charge in [0.2, 0.25) is 5.89 Å². The maximum atomic E-state index is 12.9. The van der Waals surface area contributed by atoms with Gasteiger partial charge in [-0.05, 0) is 30.7 Å². The van der Waals surface area contributed by atoms with Gasteiger partial charge in [-0.3, -0.25) is 0 Å². The van der Waals surface area contributed by atoms with Gasteiger partial charge in [0.25, 0.3) is 0 Å². The fourth-order valence-electron chi connectivity index (χ4n) is 1.87. The molecule has 114 valence electrons. The maximum absolute atomic E-state index is 12.9. The molecule has 0 aliphatic carbocycles. The third kappa shape index (κ3) is 3.72. The second kappa shape index (κ2) is 7.02. The van der Waals surface area contributed by atoms with Crippen LogP contribution >= 0.6 is 23.1 Å². The number of hydrogen-bond acceptors (Lipinski definition) is 6. The van der Waals surface area contributed by atoms with Crippen molar-refractivity contribution in [1.82, 2.24) is 15.1 Å². The SMILES string of the molecule is CCCc1noc(CSc2nc(-c3ccc(F)cc3)cs2)n1. The minimum absolute atomic E-state index is 0.243. The molecule has 0 bridgehead atoms. The smallest absolute Gasteiger partial charge is 0.237 e. The van der Waals surface area contributed by atoms with E-state index in [0.717, 1.165) is 34.3 Å². The number of rotatable bonds is 6. The molecule has 0 N–H and O–H groups in total. The highest BCUT2D eigenvalue weighted by molar-refractivity contribution is 8.00. The van der Waals surface area contributed by atoms with Crippen LogP contribution in [0.15, 0.2) is 38.5 Å². The lowest BCUT2D eigenvalue weighted by molar-refractivity contribution is 0.384. The lowest BCUT2D eigenvalue weighted by Crippen LogP contribution is -1.86. The molecule has 22 heavy (non-hydrogen) atoms. The van der Waals surface area contributed by atoms with Crippen molar-refractivity contribution in [1.29, 1.82) is 0 Å². The van der Waals surface area contributed by atoms with Gasteiger partial charge in [-0.15, -0.1) is 11.3 Å². The fraction of sp³-hybridized carbons (Fsp3) is 0.267. The molecule has 0 amide bonds. The molecule has 0 saturated heterocycles. The Morgan fingerprint density at radius 3 is 2.82 bits per heavy atom. The van der Waals surface area contributed by atoms with E-state index in [9.17, 15) is 4.39 Å². The van der Waals surface area contributed by atoms with Crippen LogP contribution in [0.3, 0.4) is 0 Å². The van der Waals surface area contributed by atoms with Gasteiger partial charge in [0.15, 0.2) is 10.2 Å². The molecule has 0 spiro atoms. The average molecular weight is 335 g/mol. The minimum Gasteiger partial charge on any atom is -0.338 e. The third-order valence-corrected chi connectivity index (χ3v) is 4.93. The number of hydrogen-bond donors (Lipinski definition) is 0. The zero-order chi connectivity index (χ0) is 15.4. The summed E-state index contributed by atoms with van der Waals surface area (Å²) in [6.07, 6.45) is 1.83. The number of aromatic nitrogens is 3. The Hall–Kier alpha value is -1.73. The molecular formula is C15H14FN3OS2. The molecule has 0 fully saturated rings. The summed E-state index contributed by atoms with van der Waals surface area (Å²) >= 11 is 3.11. The van der Waals surface area contributed by atoms with Gasteiger partial charge in [0.05, 0.1) is 11.4 Å². The van der Waals surface area contributed by atoms with Crippen LogP contribution in [0.5, 0.6) is 0 Å². The number of nitrogens with zero attached hydrogens (tertiary/aromatic N) is 3. The first-order valence-electron chi connectivity index (χ1n) is 6.90. The molecule has 0 unspecified atom stereocenters. The highest BCUT2D eigenvalue weighted by Crippen LogP contribution is 2.30. The van der Waals surface area contributed by atoms with Crippen LogP contribution in [0.4, 0.5) is 4.39 Å². The van der Waals surface area contributed by atoms with Gasteiger partial charge in [-0.1, -0.05) is 23.8 Å². The minimum atomic E-state index is -0.243. The highest BCUT2D eigenvalue weighted by atomic mass is 32.2. The van der Waals surface area contributed by atoms with E-state index in [-0.39, 0.29) is 5.82 Å². The van der Waals surface area contributed by atoms with Crippen molar-refractivity contribution in [2.75, 3.05) is 0 Å². The van der Waals surface area contributed by atoms with E-state index in [1.54, 1.807) is 35.2 Å². The van der Waals surface area contributed by atoms with Crippen molar-refractivity contribution >= 4 is 23.1 Å². The summed E-state index contributed by atoms with van der Waals surface area (Å²) in [5, 5.41) is 5.89. The number of thioether (sulfide) groups is 1. The Labute approximate surface area is 135 Å². The van der Waals surface area contributed by atoms with Crippen LogP contribution in [0.1, 0.15) is 25.1 Å². The topological polar surface area (TPSA) is 51.8 Å². The van der Waals surface area contributed by atoms with Gasteiger partial charge < -0.3 is 4.52 Å². The Balaban J connectivity index is 1.62. The molecular weight excluding hydrogens is 321 g/mol. The van der Waals surface area contributed by atoms with Crippen LogP contribution in [-0.2, 0) is 12.2 Å². The lowest BCUT2D eigenvalue weighted by Gasteiger charge is -1.95. The van der Waals surface area contributed by atoms with Crippen LogP contribution < -0.4 is 0 Å². The van der Waals surface area contributed by atoms with Crippen LogP contribution in [0.2, 0.25) is 0 Å². The summed E-state index contributed by atoms with van der Waals surface area (Å²) in [6.45, 7) is 2.08. The first-order valence-corrected chi connectivity index (χ1v) is 8.77. The number of halogens is 1. The van der Waals surface area contributed by atoms with E-state index < -0.39 is 0 Å². The molecule has 4 nitrogen and oxygen atoms in total. The molecule has 0 aliphatic heterocycles. The van der Waals surface area contributed by atoms with Crippen molar-refractivity contribution in [2.45, 2.75) is 29.9 Å². The number of thiazole rings is 1. The normalized spacial score (nSPS) is 11.0. The molecule has 2 heterocycles. The largest absolute Gasteiger partial charge is 0.338 e. The maximum Gasteiger partial charge on any atom is 0.237 e. The molecule has 2 aromatic heterocycles.